The predicted molar refractivity (Wildman–Crippen MR) is 66.8 cm³/mol. The van der Waals surface area contributed by atoms with Crippen molar-refractivity contribution in [2.45, 2.75) is 38.3 Å². The van der Waals surface area contributed by atoms with Crippen molar-refractivity contribution in [3.05, 3.63) is 0 Å². The molecule has 100 valence electrons. The Morgan fingerprint density at radius 1 is 1.44 bits per heavy atom. The molecule has 0 spiro atoms. The third kappa shape index (κ3) is 3.01. The van der Waals surface area contributed by atoms with Gasteiger partial charge in [0.1, 0.15) is 6.04 Å². The third-order valence-corrected chi connectivity index (χ3v) is 3.85. The highest BCUT2D eigenvalue weighted by Gasteiger charge is 2.29. The summed E-state index contributed by atoms with van der Waals surface area (Å²) in [4.78, 5) is 16.2. The Morgan fingerprint density at radius 2 is 2.28 bits per heavy atom. The molecule has 0 aromatic rings. The first-order valence-electron chi connectivity index (χ1n) is 6.73. The molecule has 0 N–H and O–H groups in total. The van der Waals surface area contributed by atoms with Crippen LogP contribution in [0.25, 0.3) is 0 Å². The van der Waals surface area contributed by atoms with E-state index in [1.165, 1.54) is 6.42 Å². The van der Waals surface area contributed by atoms with E-state index in [1.807, 2.05) is 9.80 Å². The van der Waals surface area contributed by atoms with Crippen LogP contribution >= 0.6 is 0 Å². The second-order valence-corrected chi connectivity index (χ2v) is 5.12. The second kappa shape index (κ2) is 6.17. The molecular weight excluding hydrogens is 230 g/mol. The van der Waals surface area contributed by atoms with Crippen molar-refractivity contribution in [2.24, 2.45) is 0 Å². The van der Waals surface area contributed by atoms with Crippen LogP contribution in [0.4, 0.5) is 0 Å². The number of nitriles is 1. The summed E-state index contributed by atoms with van der Waals surface area (Å²) >= 11 is 0. The molecule has 2 aliphatic heterocycles. The van der Waals surface area contributed by atoms with E-state index < -0.39 is 0 Å². The zero-order valence-corrected chi connectivity index (χ0v) is 11.0. The Bertz CT molecular complexity index is 340. The van der Waals surface area contributed by atoms with E-state index in [2.05, 4.69) is 13.0 Å². The highest BCUT2D eigenvalue weighted by Crippen LogP contribution is 2.17. The molecule has 2 saturated heterocycles. The molecule has 2 aliphatic rings. The molecule has 2 heterocycles. The maximum Gasteiger partial charge on any atom is 0.237 e. The molecule has 0 aliphatic carbocycles. The average molecular weight is 251 g/mol. The normalized spacial score (nSPS) is 29.9. The number of hydrogen-bond donors (Lipinski definition) is 0. The first-order chi connectivity index (χ1) is 8.72. The summed E-state index contributed by atoms with van der Waals surface area (Å²) in [6, 6.07) is 2.27. The van der Waals surface area contributed by atoms with Crippen LogP contribution in [0.15, 0.2) is 0 Å². The van der Waals surface area contributed by atoms with Crippen molar-refractivity contribution in [3.8, 4) is 6.07 Å². The topological polar surface area (TPSA) is 56.6 Å². The second-order valence-electron chi connectivity index (χ2n) is 5.12. The van der Waals surface area contributed by atoms with Gasteiger partial charge in [-0.25, -0.2) is 0 Å². The van der Waals surface area contributed by atoms with E-state index in [0.717, 1.165) is 19.4 Å². The number of hydrogen-bond acceptors (Lipinski definition) is 4. The number of rotatable bonds is 2. The number of piperidine rings is 1. The summed E-state index contributed by atoms with van der Waals surface area (Å²) in [6.07, 6.45) is 3.40. The van der Waals surface area contributed by atoms with Gasteiger partial charge in [0.05, 0.1) is 25.8 Å². The molecule has 0 bridgehead atoms. The van der Waals surface area contributed by atoms with Gasteiger partial charge < -0.3 is 9.64 Å². The van der Waals surface area contributed by atoms with Crippen molar-refractivity contribution in [2.75, 3.05) is 32.8 Å². The number of amides is 1. The molecule has 2 fully saturated rings. The Labute approximate surface area is 108 Å². The molecule has 0 aromatic heterocycles. The van der Waals surface area contributed by atoms with Gasteiger partial charge in [0, 0.05) is 19.1 Å². The summed E-state index contributed by atoms with van der Waals surface area (Å²) in [5.41, 5.74) is 0. The van der Waals surface area contributed by atoms with Crippen molar-refractivity contribution in [1.29, 1.82) is 5.26 Å². The lowest BCUT2D eigenvalue weighted by Gasteiger charge is -2.37. The SMILES string of the molecule is C[C@@H]1CCCCN1C(=O)CN1CCOC[C@H]1C#N. The highest BCUT2D eigenvalue weighted by molar-refractivity contribution is 5.78. The molecule has 0 radical (unpaired) electrons. The number of ether oxygens (including phenoxy) is 1. The molecule has 5 nitrogen and oxygen atoms in total. The highest BCUT2D eigenvalue weighted by atomic mass is 16.5. The van der Waals surface area contributed by atoms with Crippen LogP contribution in [0.2, 0.25) is 0 Å². The van der Waals surface area contributed by atoms with Crippen molar-refractivity contribution in [3.63, 3.8) is 0 Å². The van der Waals surface area contributed by atoms with E-state index in [1.54, 1.807) is 0 Å². The molecule has 18 heavy (non-hydrogen) atoms. The Kier molecular flexibility index (Phi) is 4.56. The summed E-state index contributed by atoms with van der Waals surface area (Å²) in [5.74, 6) is 0.157. The lowest BCUT2D eigenvalue weighted by atomic mass is 10.0. The van der Waals surface area contributed by atoms with Crippen LogP contribution in [-0.2, 0) is 9.53 Å². The van der Waals surface area contributed by atoms with Crippen molar-refractivity contribution >= 4 is 5.91 Å². The van der Waals surface area contributed by atoms with Crippen LogP contribution in [0.1, 0.15) is 26.2 Å². The fraction of sp³-hybridized carbons (Fsp3) is 0.846. The smallest absolute Gasteiger partial charge is 0.237 e. The Hall–Kier alpha value is -1.12. The molecule has 2 rings (SSSR count). The first kappa shape index (κ1) is 13.3. The van der Waals surface area contributed by atoms with Crippen LogP contribution in [0, 0.1) is 11.3 Å². The van der Waals surface area contributed by atoms with E-state index in [9.17, 15) is 4.79 Å². The van der Waals surface area contributed by atoms with Gasteiger partial charge in [-0.15, -0.1) is 0 Å². The standard InChI is InChI=1S/C13H21N3O2/c1-11-4-2-3-5-16(11)13(17)9-15-6-7-18-10-12(15)8-14/h11-12H,2-7,9-10H2,1H3/t11-,12-/m1/s1. The zero-order valence-electron chi connectivity index (χ0n) is 11.0. The van der Waals surface area contributed by atoms with Gasteiger partial charge >= 0.3 is 0 Å². The maximum absolute atomic E-state index is 12.3. The Balaban J connectivity index is 1.91. The zero-order chi connectivity index (χ0) is 13.0. The molecule has 1 amide bonds. The Morgan fingerprint density at radius 3 is 3.00 bits per heavy atom. The predicted octanol–water partition coefficient (Wildman–Crippen LogP) is 0.612. The molecule has 0 saturated carbocycles. The fourth-order valence-corrected chi connectivity index (χ4v) is 2.68. The van der Waals surface area contributed by atoms with E-state index in [-0.39, 0.29) is 11.9 Å². The van der Waals surface area contributed by atoms with Gasteiger partial charge in [-0.05, 0) is 26.2 Å². The minimum Gasteiger partial charge on any atom is -0.377 e. The number of likely N-dealkylation sites (tertiary alicyclic amines) is 1. The number of nitrogens with zero attached hydrogens (tertiary/aromatic N) is 3. The fourth-order valence-electron chi connectivity index (χ4n) is 2.68. The van der Waals surface area contributed by atoms with Gasteiger partial charge in [-0.1, -0.05) is 0 Å². The minimum atomic E-state index is -0.275. The summed E-state index contributed by atoms with van der Waals surface area (Å²) in [6.45, 7) is 5.03. The van der Waals surface area contributed by atoms with Gasteiger partial charge in [0.15, 0.2) is 0 Å². The molecule has 2 atom stereocenters. The lowest BCUT2D eigenvalue weighted by molar-refractivity contribution is -0.137. The van der Waals surface area contributed by atoms with Crippen molar-refractivity contribution < 1.29 is 9.53 Å². The monoisotopic (exact) mass is 251 g/mol. The molecule has 0 aromatic carbocycles. The van der Waals surface area contributed by atoms with E-state index >= 15 is 0 Å². The third-order valence-electron chi connectivity index (χ3n) is 3.85. The summed E-state index contributed by atoms with van der Waals surface area (Å²) in [5, 5.41) is 9.04. The van der Waals surface area contributed by atoms with E-state index in [0.29, 0.717) is 32.3 Å². The quantitative estimate of drug-likeness (QED) is 0.721. The number of carbonyl (C=O) groups is 1. The van der Waals surface area contributed by atoms with Gasteiger partial charge in [-0.3, -0.25) is 9.69 Å². The van der Waals surface area contributed by atoms with E-state index in [4.69, 9.17) is 10.00 Å². The summed E-state index contributed by atoms with van der Waals surface area (Å²) in [7, 11) is 0. The van der Waals surface area contributed by atoms with Gasteiger partial charge in [0.2, 0.25) is 5.91 Å². The average Bonchev–Trinajstić information content (AvgIpc) is 2.39. The van der Waals surface area contributed by atoms with Crippen LogP contribution < -0.4 is 0 Å². The first-order valence-corrected chi connectivity index (χ1v) is 6.73. The van der Waals surface area contributed by atoms with Crippen molar-refractivity contribution in [1.82, 2.24) is 9.80 Å². The molecule has 0 unspecified atom stereocenters. The number of carbonyl (C=O) groups excluding carboxylic acids is 1. The largest absolute Gasteiger partial charge is 0.377 e. The minimum absolute atomic E-state index is 0.157. The maximum atomic E-state index is 12.3. The number of morpholine rings is 1. The van der Waals surface area contributed by atoms with Gasteiger partial charge in [-0.2, -0.15) is 5.26 Å². The van der Waals surface area contributed by atoms with Crippen LogP contribution in [0.5, 0.6) is 0 Å². The molecular formula is C13H21N3O2. The molecule has 5 heteroatoms. The van der Waals surface area contributed by atoms with Crippen LogP contribution in [0.3, 0.4) is 0 Å². The summed E-state index contributed by atoms with van der Waals surface area (Å²) < 4.78 is 5.26. The van der Waals surface area contributed by atoms with Gasteiger partial charge in [0.25, 0.3) is 0 Å². The van der Waals surface area contributed by atoms with Crippen LogP contribution in [-0.4, -0.2) is 60.6 Å². The lowest BCUT2D eigenvalue weighted by Crippen LogP contribution is -2.52.